The predicted octanol–water partition coefficient (Wildman–Crippen LogP) is 3.36. The van der Waals surface area contributed by atoms with Crippen molar-refractivity contribution in [1.29, 1.82) is 0 Å². The Morgan fingerprint density at radius 1 is 1.32 bits per heavy atom. The average Bonchev–Trinajstić information content (AvgIpc) is 3.36. The van der Waals surface area contributed by atoms with Crippen molar-refractivity contribution in [2.75, 3.05) is 11.9 Å². The third-order valence-corrected chi connectivity index (χ3v) is 4.58. The molecule has 2 aromatic rings. The summed E-state index contributed by atoms with van der Waals surface area (Å²) in [5.41, 5.74) is 0.728. The first-order chi connectivity index (χ1) is 11.8. The molecule has 1 aliphatic carbocycles. The van der Waals surface area contributed by atoms with Gasteiger partial charge in [0, 0.05) is 11.4 Å². The molecule has 5 nitrogen and oxygen atoms in total. The summed E-state index contributed by atoms with van der Waals surface area (Å²) in [6.07, 6.45) is -2.27. The number of halogens is 3. The van der Waals surface area contributed by atoms with Crippen molar-refractivity contribution >= 4 is 34.4 Å². The third-order valence-electron chi connectivity index (χ3n) is 3.62. The van der Waals surface area contributed by atoms with Gasteiger partial charge in [-0.1, -0.05) is 23.9 Å². The van der Waals surface area contributed by atoms with Crippen LogP contribution in [0.2, 0.25) is 0 Å². The molecular formula is C16H17F3N4OS. The highest BCUT2D eigenvalue weighted by molar-refractivity contribution is 8.00. The minimum Gasteiger partial charge on any atom is -0.367 e. The molecule has 25 heavy (non-hydrogen) atoms. The van der Waals surface area contributed by atoms with Crippen LogP contribution in [0, 0.1) is 0 Å². The van der Waals surface area contributed by atoms with Gasteiger partial charge in [0.25, 0.3) is 0 Å². The number of anilines is 1. The molecule has 1 heterocycles. The van der Waals surface area contributed by atoms with Gasteiger partial charge in [0.15, 0.2) is 5.16 Å². The number of aromatic nitrogens is 2. The van der Waals surface area contributed by atoms with Crippen molar-refractivity contribution in [2.24, 2.45) is 0 Å². The van der Waals surface area contributed by atoms with Crippen LogP contribution in [0.5, 0.6) is 0 Å². The Hall–Kier alpha value is -2.03. The van der Waals surface area contributed by atoms with Gasteiger partial charge in [-0.3, -0.25) is 4.79 Å². The smallest absolute Gasteiger partial charge is 0.367 e. The van der Waals surface area contributed by atoms with Crippen LogP contribution in [0.4, 0.5) is 19.0 Å². The number of benzene rings is 1. The fourth-order valence-electron chi connectivity index (χ4n) is 2.18. The standard InChI is InChI=1S/C16H17F3N4OS/c1-9(14(24)20-8-16(17,18)19)25-15-22-12-5-3-2-4-11(12)13(23-15)21-10-6-7-10/h2-5,9-10H,6-8H2,1H3,(H,20,24)(H,21,22,23). The molecule has 0 aliphatic heterocycles. The molecule has 1 unspecified atom stereocenters. The van der Waals surface area contributed by atoms with E-state index in [-0.39, 0.29) is 0 Å². The first kappa shape index (κ1) is 17.8. The number of fused-ring (bicyclic) bond motifs is 1. The van der Waals surface area contributed by atoms with Gasteiger partial charge in [-0.15, -0.1) is 0 Å². The van der Waals surface area contributed by atoms with E-state index >= 15 is 0 Å². The van der Waals surface area contributed by atoms with E-state index in [0.717, 1.165) is 35.5 Å². The second-order valence-electron chi connectivity index (χ2n) is 5.88. The van der Waals surface area contributed by atoms with Crippen molar-refractivity contribution in [1.82, 2.24) is 15.3 Å². The zero-order chi connectivity index (χ0) is 18.0. The Balaban J connectivity index is 1.75. The number of nitrogens with zero attached hydrogens (tertiary/aromatic N) is 2. The van der Waals surface area contributed by atoms with Crippen LogP contribution in [-0.4, -0.2) is 39.9 Å². The highest BCUT2D eigenvalue weighted by Gasteiger charge is 2.29. The molecule has 9 heteroatoms. The molecule has 3 rings (SSSR count). The summed E-state index contributed by atoms with van der Waals surface area (Å²) in [4.78, 5) is 20.7. The maximum absolute atomic E-state index is 12.2. The molecule has 134 valence electrons. The Morgan fingerprint density at radius 2 is 2.04 bits per heavy atom. The second-order valence-corrected chi connectivity index (χ2v) is 7.19. The monoisotopic (exact) mass is 370 g/mol. The molecule has 1 aromatic heterocycles. The molecule has 0 saturated heterocycles. The molecule has 0 radical (unpaired) electrons. The highest BCUT2D eigenvalue weighted by Crippen LogP contribution is 2.30. The summed E-state index contributed by atoms with van der Waals surface area (Å²) in [7, 11) is 0. The van der Waals surface area contributed by atoms with Crippen molar-refractivity contribution in [3.8, 4) is 0 Å². The Kier molecular flexibility index (Phi) is 5.03. The number of nitrogens with one attached hydrogen (secondary N) is 2. The molecule has 0 spiro atoms. The maximum Gasteiger partial charge on any atom is 0.405 e. The van der Waals surface area contributed by atoms with E-state index < -0.39 is 23.9 Å². The molecular weight excluding hydrogens is 353 g/mol. The lowest BCUT2D eigenvalue weighted by Gasteiger charge is -2.14. The summed E-state index contributed by atoms with van der Waals surface area (Å²) < 4.78 is 36.6. The Labute approximate surface area is 146 Å². The Morgan fingerprint density at radius 3 is 2.72 bits per heavy atom. The van der Waals surface area contributed by atoms with Crippen LogP contribution in [0.15, 0.2) is 29.4 Å². The largest absolute Gasteiger partial charge is 0.405 e. The van der Waals surface area contributed by atoms with Gasteiger partial charge in [-0.05, 0) is 31.9 Å². The van der Waals surface area contributed by atoms with Crippen molar-refractivity contribution in [3.63, 3.8) is 0 Å². The van der Waals surface area contributed by atoms with E-state index in [2.05, 4.69) is 15.3 Å². The van der Waals surface area contributed by atoms with Gasteiger partial charge < -0.3 is 10.6 Å². The quantitative estimate of drug-likeness (QED) is 0.603. The summed E-state index contributed by atoms with van der Waals surface area (Å²) in [5.74, 6) is -0.00529. The fourth-order valence-corrected chi connectivity index (χ4v) is 2.98. The van der Waals surface area contributed by atoms with Crippen LogP contribution < -0.4 is 10.6 Å². The number of carbonyl (C=O) groups is 1. The van der Waals surface area contributed by atoms with Crippen molar-refractivity contribution < 1.29 is 18.0 Å². The third kappa shape index (κ3) is 4.97. The number of hydrogen-bond donors (Lipinski definition) is 2. The number of amides is 1. The van der Waals surface area contributed by atoms with Crippen LogP contribution in [0.1, 0.15) is 19.8 Å². The lowest BCUT2D eigenvalue weighted by molar-refractivity contribution is -0.137. The summed E-state index contributed by atoms with van der Waals surface area (Å²) in [5, 5.41) is 5.72. The molecule has 0 bridgehead atoms. The van der Waals surface area contributed by atoms with Gasteiger partial charge in [-0.25, -0.2) is 9.97 Å². The number of thioether (sulfide) groups is 1. The van der Waals surface area contributed by atoms with E-state index in [1.165, 1.54) is 6.92 Å². The SMILES string of the molecule is CC(Sc1nc(NC2CC2)c2ccccc2n1)C(=O)NCC(F)(F)F. The van der Waals surface area contributed by atoms with Crippen LogP contribution in [0.25, 0.3) is 10.9 Å². The van der Waals surface area contributed by atoms with Crippen LogP contribution in [0.3, 0.4) is 0 Å². The first-order valence-electron chi connectivity index (χ1n) is 7.86. The zero-order valence-electron chi connectivity index (χ0n) is 13.4. The summed E-state index contributed by atoms with van der Waals surface area (Å²) >= 11 is 1.04. The number of carbonyl (C=O) groups excluding carboxylic acids is 1. The number of alkyl halides is 3. The van der Waals surface area contributed by atoms with Crippen LogP contribution in [-0.2, 0) is 4.79 Å². The maximum atomic E-state index is 12.2. The van der Waals surface area contributed by atoms with Crippen molar-refractivity contribution in [2.45, 2.75) is 42.4 Å². The summed E-state index contributed by atoms with van der Waals surface area (Å²) in [6.45, 7) is 0.187. The van der Waals surface area contributed by atoms with Gasteiger partial charge in [0.05, 0.1) is 10.8 Å². The van der Waals surface area contributed by atoms with Crippen molar-refractivity contribution in [3.05, 3.63) is 24.3 Å². The molecule has 2 N–H and O–H groups in total. The van der Waals surface area contributed by atoms with Crippen LogP contribution >= 0.6 is 11.8 Å². The Bertz CT molecular complexity index is 780. The number of rotatable bonds is 6. The minimum absolute atomic E-state index is 0.358. The average molecular weight is 370 g/mol. The first-order valence-corrected chi connectivity index (χ1v) is 8.74. The topological polar surface area (TPSA) is 66.9 Å². The molecule has 1 fully saturated rings. The minimum atomic E-state index is -4.43. The normalized spacial score (nSPS) is 15.8. The second kappa shape index (κ2) is 7.07. The lowest BCUT2D eigenvalue weighted by atomic mass is 10.2. The number of para-hydroxylation sites is 1. The van der Waals surface area contributed by atoms with E-state index in [0.29, 0.717) is 17.0 Å². The van der Waals surface area contributed by atoms with Gasteiger partial charge >= 0.3 is 6.18 Å². The molecule has 1 saturated carbocycles. The zero-order valence-corrected chi connectivity index (χ0v) is 14.2. The lowest BCUT2D eigenvalue weighted by Crippen LogP contribution is -2.38. The molecule has 1 atom stereocenters. The van der Waals surface area contributed by atoms with E-state index in [1.807, 2.05) is 29.6 Å². The molecule has 1 aliphatic rings. The molecule has 1 aromatic carbocycles. The van der Waals surface area contributed by atoms with E-state index in [1.54, 1.807) is 0 Å². The van der Waals surface area contributed by atoms with Gasteiger partial charge in [0.2, 0.25) is 5.91 Å². The van der Waals surface area contributed by atoms with E-state index in [4.69, 9.17) is 0 Å². The van der Waals surface area contributed by atoms with Gasteiger partial charge in [0.1, 0.15) is 12.4 Å². The van der Waals surface area contributed by atoms with Gasteiger partial charge in [-0.2, -0.15) is 13.2 Å². The predicted molar refractivity (Wildman–Crippen MR) is 90.6 cm³/mol. The fraction of sp³-hybridized carbons (Fsp3) is 0.438. The highest BCUT2D eigenvalue weighted by atomic mass is 32.2. The molecule has 1 amide bonds. The summed E-state index contributed by atoms with van der Waals surface area (Å²) in [6, 6.07) is 7.89. The van der Waals surface area contributed by atoms with E-state index in [9.17, 15) is 18.0 Å². The number of hydrogen-bond acceptors (Lipinski definition) is 5.